The van der Waals surface area contributed by atoms with E-state index in [1.807, 2.05) is 44.3 Å². The van der Waals surface area contributed by atoms with Crippen molar-refractivity contribution in [2.24, 2.45) is 0 Å². The third-order valence-corrected chi connectivity index (χ3v) is 4.69. The second kappa shape index (κ2) is 10.5. The molecule has 2 aromatic rings. The molecule has 0 aromatic heterocycles. The van der Waals surface area contributed by atoms with Crippen molar-refractivity contribution in [3.8, 4) is 11.5 Å². The van der Waals surface area contributed by atoms with Crippen LogP contribution in [0.3, 0.4) is 0 Å². The zero-order chi connectivity index (χ0) is 21.4. The lowest BCUT2D eigenvalue weighted by Crippen LogP contribution is -3.08. The molecule has 2 atom stereocenters. The van der Waals surface area contributed by atoms with Crippen LogP contribution in [0.25, 0.3) is 0 Å². The quantitative estimate of drug-likeness (QED) is 0.586. The fourth-order valence-corrected chi connectivity index (χ4v) is 3.15. The van der Waals surface area contributed by atoms with Crippen LogP contribution in [0.4, 0.5) is 0 Å². The molecule has 0 heterocycles. The third kappa shape index (κ3) is 6.22. The molecule has 29 heavy (non-hydrogen) atoms. The van der Waals surface area contributed by atoms with Crippen LogP contribution < -0.4 is 25.0 Å². The maximum atomic E-state index is 12.5. The number of hydrogen-bond donors (Lipinski definition) is 3. The zero-order valence-electron chi connectivity index (χ0n) is 17.7. The minimum atomic E-state index is -0.216. The summed E-state index contributed by atoms with van der Waals surface area (Å²) >= 11 is 0. The van der Waals surface area contributed by atoms with Crippen LogP contribution in [0, 0.1) is 0 Å². The van der Waals surface area contributed by atoms with Crippen molar-refractivity contribution >= 4 is 11.8 Å². The molecule has 0 aliphatic heterocycles. The fourth-order valence-electron chi connectivity index (χ4n) is 3.15. The maximum Gasteiger partial charge on any atom is 0.275 e. The van der Waals surface area contributed by atoms with Crippen LogP contribution in [0.15, 0.2) is 42.5 Å². The van der Waals surface area contributed by atoms with Gasteiger partial charge in [-0.1, -0.05) is 12.1 Å². The van der Waals surface area contributed by atoms with Crippen LogP contribution in [0.1, 0.15) is 34.5 Å². The Kier molecular flexibility index (Phi) is 8.03. The summed E-state index contributed by atoms with van der Waals surface area (Å²) in [5.74, 6) is 1.25. The lowest BCUT2D eigenvalue weighted by molar-refractivity contribution is -0.885. The number of hydrogen-bond acceptors (Lipinski definition) is 4. The Morgan fingerprint density at radius 2 is 1.76 bits per heavy atom. The Hall–Kier alpha value is -3.06. The standard InChI is InChI=1S/C22H29N3O4/c1-15(19-12-18(28-4)10-11-20(19)29-5)24-21(26)14-25(3)13-16-6-8-17(9-7-16)22(27)23-2/h6-12,15H,13-14H2,1-5H3,(H,23,27)(H,24,26)/p+1/t15-/m1/s1. The first-order valence-corrected chi connectivity index (χ1v) is 9.51. The molecule has 1 unspecified atom stereocenters. The molecule has 2 amide bonds. The predicted octanol–water partition coefficient (Wildman–Crippen LogP) is 0.956. The van der Waals surface area contributed by atoms with Crippen molar-refractivity contribution < 1.29 is 24.0 Å². The molecule has 3 N–H and O–H groups in total. The second-order valence-corrected chi connectivity index (χ2v) is 6.98. The van der Waals surface area contributed by atoms with Gasteiger partial charge in [-0.15, -0.1) is 0 Å². The van der Waals surface area contributed by atoms with Crippen LogP contribution in [0.2, 0.25) is 0 Å². The van der Waals surface area contributed by atoms with Gasteiger partial charge in [0.25, 0.3) is 11.8 Å². The summed E-state index contributed by atoms with van der Waals surface area (Å²) < 4.78 is 10.7. The Bertz CT molecular complexity index is 836. The minimum absolute atomic E-state index is 0.0538. The summed E-state index contributed by atoms with van der Waals surface area (Å²) in [6.07, 6.45) is 0. The van der Waals surface area contributed by atoms with Crippen molar-refractivity contribution in [1.29, 1.82) is 0 Å². The van der Waals surface area contributed by atoms with Crippen LogP contribution in [-0.2, 0) is 11.3 Å². The van der Waals surface area contributed by atoms with Gasteiger partial charge in [0, 0.05) is 23.7 Å². The van der Waals surface area contributed by atoms with Crippen molar-refractivity contribution in [2.45, 2.75) is 19.5 Å². The highest BCUT2D eigenvalue weighted by Crippen LogP contribution is 2.29. The van der Waals surface area contributed by atoms with Gasteiger partial charge in [-0.25, -0.2) is 0 Å². The van der Waals surface area contributed by atoms with Gasteiger partial charge < -0.3 is 25.0 Å². The molecule has 2 rings (SSSR count). The van der Waals surface area contributed by atoms with Crippen molar-refractivity contribution in [3.63, 3.8) is 0 Å². The predicted molar refractivity (Wildman–Crippen MR) is 111 cm³/mol. The molecule has 0 aliphatic rings. The molecule has 7 heteroatoms. The van der Waals surface area contributed by atoms with E-state index in [0.29, 0.717) is 30.2 Å². The summed E-state index contributed by atoms with van der Waals surface area (Å²) in [6, 6.07) is 12.7. The van der Waals surface area contributed by atoms with Crippen molar-refractivity contribution in [1.82, 2.24) is 10.6 Å². The summed E-state index contributed by atoms with van der Waals surface area (Å²) in [6.45, 7) is 2.92. The average molecular weight is 400 g/mol. The van der Waals surface area contributed by atoms with Gasteiger partial charge in [0.05, 0.1) is 27.3 Å². The topological polar surface area (TPSA) is 81.1 Å². The lowest BCUT2D eigenvalue weighted by atomic mass is 10.1. The normalized spacial score (nSPS) is 12.6. The zero-order valence-corrected chi connectivity index (χ0v) is 17.7. The van der Waals surface area contributed by atoms with Gasteiger partial charge in [0.15, 0.2) is 6.54 Å². The SMILES string of the molecule is CNC(=O)c1ccc(C[NH+](C)CC(=O)N[C@H](C)c2cc(OC)ccc2OC)cc1. The molecular weight excluding hydrogens is 370 g/mol. The van der Waals surface area contributed by atoms with E-state index < -0.39 is 0 Å². The molecule has 0 radical (unpaired) electrons. The van der Waals surface area contributed by atoms with Gasteiger partial charge in [-0.2, -0.15) is 0 Å². The van der Waals surface area contributed by atoms with Crippen LogP contribution >= 0.6 is 0 Å². The van der Waals surface area contributed by atoms with E-state index in [2.05, 4.69) is 10.6 Å². The fraction of sp³-hybridized carbons (Fsp3) is 0.364. The summed E-state index contributed by atoms with van der Waals surface area (Å²) in [7, 11) is 6.78. The monoisotopic (exact) mass is 400 g/mol. The molecule has 0 aliphatic carbocycles. The Morgan fingerprint density at radius 3 is 2.34 bits per heavy atom. The van der Waals surface area contributed by atoms with E-state index >= 15 is 0 Å². The van der Waals surface area contributed by atoms with Gasteiger partial charge in [0.1, 0.15) is 18.0 Å². The molecule has 7 nitrogen and oxygen atoms in total. The van der Waals surface area contributed by atoms with Gasteiger partial charge in [-0.3, -0.25) is 9.59 Å². The van der Waals surface area contributed by atoms with E-state index in [-0.39, 0.29) is 17.9 Å². The Morgan fingerprint density at radius 1 is 1.07 bits per heavy atom. The minimum Gasteiger partial charge on any atom is -0.497 e. The number of carbonyl (C=O) groups excluding carboxylic acids is 2. The van der Waals surface area contributed by atoms with Gasteiger partial charge in [0.2, 0.25) is 0 Å². The number of quaternary nitrogens is 1. The lowest BCUT2D eigenvalue weighted by Gasteiger charge is -2.20. The molecule has 0 bridgehead atoms. The Labute approximate surface area is 172 Å². The first-order valence-electron chi connectivity index (χ1n) is 9.51. The second-order valence-electron chi connectivity index (χ2n) is 6.98. The number of amides is 2. The molecule has 2 aromatic carbocycles. The molecule has 0 saturated carbocycles. The molecule has 0 spiro atoms. The number of methoxy groups -OCH3 is 2. The first-order chi connectivity index (χ1) is 13.9. The smallest absolute Gasteiger partial charge is 0.275 e. The van der Waals surface area contributed by atoms with Crippen molar-refractivity contribution in [2.75, 3.05) is 34.9 Å². The number of ether oxygens (including phenoxy) is 2. The number of likely N-dealkylation sites (N-methyl/N-ethyl adjacent to an activating group) is 1. The number of nitrogens with one attached hydrogen (secondary N) is 3. The number of rotatable bonds is 9. The van der Waals surface area contributed by atoms with E-state index in [0.717, 1.165) is 16.0 Å². The summed E-state index contributed by atoms with van der Waals surface area (Å²) in [4.78, 5) is 25.2. The highest BCUT2D eigenvalue weighted by Gasteiger charge is 2.18. The van der Waals surface area contributed by atoms with E-state index in [1.54, 1.807) is 33.4 Å². The number of carbonyl (C=O) groups is 2. The average Bonchev–Trinajstić information content (AvgIpc) is 2.72. The highest BCUT2D eigenvalue weighted by atomic mass is 16.5. The maximum absolute atomic E-state index is 12.5. The number of benzene rings is 2. The molecular formula is C22H30N3O4+. The summed E-state index contributed by atoms with van der Waals surface area (Å²) in [5, 5.41) is 5.62. The molecule has 156 valence electrons. The Balaban J connectivity index is 1.93. The molecule has 0 fully saturated rings. The van der Waals surface area contributed by atoms with E-state index in [9.17, 15) is 9.59 Å². The van der Waals surface area contributed by atoms with Crippen LogP contribution in [0.5, 0.6) is 11.5 Å². The van der Waals surface area contributed by atoms with Crippen molar-refractivity contribution in [3.05, 3.63) is 59.2 Å². The van der Waals surface area contributed by atoms with Gasteiger partial charge >= 0.3 is 0 Å². The summed E-state index contributed by atoms with van der Waals surface area (Å²) in [5.41, 5.74) is 2.54. The van der Waals surface area contributed by atoms with Crippen LogP contribution in [-0.4, -0.2) is 46.7 Å². The largest absolute Gasteiger partial charge is 0.497 e. The highest BCUT2D eigenvalue weighted by molar-refractivity contribution is 5.93. The van der Waals surface area contributed by atoms with E-state index in [1.165, 1.54) is 0 Å². The first kappa shape index (κ1) is 22.2. The molecule has 0 saturated heterocycles. The van der Waals surface area contributed by atoms with Gasteiger partial charge in [-0.05, 0) is 37.3 Å². The van der Waals surface area contributed by atoms with E-state index in [4.69, 9.17) is 9.47 Å². The third-order valence-electron chi connectivity index (χ3n) is 4.69.